The number of nitrogens with one attached hydrogen (secondary N) is 5. The minimum Gasteiger partial charge on any atom is -0.428 e. The van der Waals surface area contributed by atoms with Crippen LogP contribution in [0.3, 0.4) is 0 Å². The summed E-state index contributed by atoms with van der Waals surface area (Å²) in [7, 11) is 7.46. The molecule has 0 saturated carbocycles. The molecule has 234 valence electrons. The Bertz CT molecular complexity index is 1110. The minimum atomic E-state index is -1.97. The number of carbonyl (C=O) groups excluding carboxylic acids is 4. The van der Waals surface area contributed by atoms with Crippen LogP contribution >= 0.6 is 17.9 Å². The smallest absolute Gasteiger partial charge is 0.417 e. The number of hydrogen-bond acceptors (Lipinski definition) is 11. The highest BCUT2D eigenvalue weighted by atomic mass is 31.1. The van der Waals surface area contributed by atoms with Crippen molar-refractivity contribution >= 4 is 72.0 Å². The van der Waals surface area contributed by atoms with E-state index in [2.05, 4.69) is 45.9 Å². The molecule has 5 N–H and O–H groups in total. The molecule has 3 heterocycles. The zero-order valence-corrected chi connectivity index (χ0v) is 28.2. The topological polar surface area (TPSA) is 174 Å². The lowest BCUT2D eigenvalue weighted by atomic mass is 9.77. The quantitative estimate of drug-likeness (QED) is 0.0603. The number of hydrogen-bond donors (Lipinski definition) is 5. The molecule has 7 atom stereocenters. The molecule has 2 fully saturated rings. The molecule has 0 spiro atoms. The molecule has 3 aliphatic heterocycles. The fourth-order valence-electron chi connectivity index (χ4n) is 6.31. The van der Waals surface area contributed by atoms with E-state index in [0.717, 1.165) is 23.7 Å². The molecule has 14 nitrogen and oxygen atoms in total. The van der Waals surface area contributed by atoms with E-state index in [0.29, 0.717) is 26.1 Å². The number of rotatable bonds is 14. The molecule has 3 amide bonds. The molecule has 19 heteroatoms. The summed E-state index contributed by atoms with van der Waals surface area (Å²) in [6, 6.07) is 2.69. The number of carbonyl (C=O) groups is 4. The van der Waals surface area contributed by atoms with Crippen molar-refractivity contribution in [3.05, 3.63) is 11.3 Å². The summed E-state index contributed by atoms with van der Waals surface area (Å²) in [5.41, 5.74) is 1.01. The van der Waals surface area contributed by atoms with Gasteiger partial charge < -0.3 is 28.4 Å². The maximum Gasteiger partial charge on any atom is 0.417 e. The van der Waals surface area contributed by atoms with Gasteiger partial charge in [0.2, 0.25) is 17.8 Å². The molecule has 0 aromatic carbocycles. The van der Waals surface area contributed by atoms with E-state index < -0.39 is 56.1 Å². The van der Waals surface area contributed by atoms with E-state index >= 15 is 0 Å². The van der Waals surface area contributed by atoms with Crippen LogP contribution in [0, 0.1) is 23.2 Å². The van der Waals surface area contributed by atoms with Crippen molar-refractivity contribution in [3.63, 3.8) is 0 Å². The predicted octanol–water partition coefficient (Wildman–Crippen LogP) is 1.13. The Balaban J connectivity index is 1.71. The summed E-state index contributed by atoms with van der Waals surface area (Å²) in [5, 5.41) is 12.3. The highest BCUT2D eigenvalue weighted by Crippen LogP contribution is 2.49. The number of likely N-dealkylation sites (tertiary alicyclic amines) is 1. The molecule has 3 unspecified atom stereocenters. The average Bonchev–Trinajstić information content (AvgIpc) is 3.55. The molecule has 0 aliphatic carbocycles. The van der Waals surface area contributed by atoms with Gasteiger partial charge in [0, 0.05) is 19.0 Å². The number of amides is 3. The third-order valence-electron chi connectivity index (χ3n) is 8.78. The molecule has 3 aliphatic rings. The first-order valence-electron chi connectivity index (χ1n) is 14.4. The molecule has 0 aromatic rings. The lowest BCUT2D eigenvalue weighted by Gasteiger charge is -2.49. The minimum absolute atomic E-state index is 0.133. The lowest BCUT2D eigenvalue weighted by molar-refractivity contribution is -0.161. The van der Waals surface area contributed by atoms with Gasteiger partial charge in [0.15, 0.2) is 24.3 Å². The van der Waals surface area contributed by atoms with E-state index in [1.165, 1.54) is 0 Å². The summed E-state index contributed by atoms with van der Waals surface area (Å²) in [4.78, 5) is 59.3. The van der Waals surface area contributed by atoms with Crippen molar-refractivity contribution in [1.82, 2.24) is 30.4 Å². The first-order chi connectivity index (χ1) is 20.5. The van der Waals surface area contributed by atoms with Crippen LogP contribution in [0.1, 0.15) is 41.0 Å². The second-order valence-corrected chi connectivity index (χ2v) is 17.1. The molecule has 0 bridgehead atoms. The Morgan fingerprint density at radius 2 is 1.72 bits per heavy atom. The van der Waals surface area contributed by atoms with E-state index in [1.807, 2.05) is 18.7 Å². The van der Waals surface area contributed by atoms with Gasteiger partial charge in [0.05, 0.1) is 24.0 Å². The van der Waals surface area contributed by atoms with Crippen LogP contribution < -0.4 is 20.6 Å². The van der Waals surface area contributed by atoms with Crippen molar-refractivity contribution in [2.75, 3.05) is 19.6 Å². The number of guanidine groups is 1. The summed E-state index contributed by atoms with van der Waals surface area (Å²) in [6.07, 6.45) is -0.690. The molecule has 4 radical (unpaired) electrons. The Morgan fingerprint density at radius 1 is 1.09 bits per heavy atom. The van der Waals surface area contributed by atoms with Crippen molar-refractivity contribution in [2.24, 2.45) is 17.8 Å². The third-order valence-corrected chi connectivity index (χ3v) is 14.3. The zero-order chi connectivity index (χ0) is 31.9. The first-order valence-corrected chi connectivity index (χ1v) is 18.8. The van der Waals surface area contributed by atoms with Crippen LogP contribution in [-0.2, 0) is 27.9 Å². The van der Waals surface area contributed by atoms with Gasteiger partial charge in [-0.15, -0.1) is 0 Å². The van der Waals surface area contributed by atoms with Gasteiger partial charge in [-0.1, -0.05) is 27.7 Å². The summed E-state index contributed by atoms with van der Waals surface area (Å²) in [6.45, 7) is 11.7. The van der Waals surface area contributed by atoms with Gasteiger partial charge in [0.25, 0.3) is 0 Å². The maximum absolute atomic E-state index is 13.6. The third kappa shape index (κ3) is 8.05. The SMILES string of the molecule is [B]NPOC(=O)NC(=N)NC(=O)[C@H]1CCN(CC2=C(C(=O)OPN[B])N3C(=O)C([C@@H](C)O[Si](CC)(CC)CC)[C@H]3[C@H]2C)C1. The molecule has 0 aromatic heterocycles. The summed E-state index contributed by atoms with van der Waals surface area (Å²) in [5.74, 6) is -2.64. The predicted molar refractivity (Wildman–Crippen MR) is 169 cm³/mol. The molecule has 43 heavy (non-hydrogen) atoms. The van der Waals surface area contributed by atoms with Crippen molar-refractivity contribution in [2.45, 2.75) is 71.3 Å². The van der Waals surface area contributed by atoms with Gasteiger partial charge >= 0.3 is 12.1 Å². The second kappa shape index (κ2) is 15.9. The highest BCUT2D eigenvalue weighted by Gasteiger charge is 2.61. The van der Waals surface area contributed by atoms with Crippen LogP contribution in [0.4, 0.5) is 4.79 Å². The molecular formula is C24H41B2N7O7P2Si. The van der Waals surface area contributed by atoms with E-state index in [-0.39, 0.29) is 35.6 Å². The average molecular weight is 651 g/mol. The van der Waals surface area contributed by atoms with Crippen molar-refractivity contribution < 1.29 is 32.7 Å². The normalized spacial score (nSPS) is 24.9. The number of nitrogens with zero attached hydrogens (tertiary/aromatic N) is 2. The Morgan fingerprint density at radius 3 is 2.33 bits per heavy atom. The molecular weight excluding hydrogens is 610 g/mol. The largest absolute Gasteiger partial charge is 0.428 e. The fourth-order valence-corrected chi connectivity index (χ4v) is 9.70. The summed E-state index contributed by atoms with van der Waals surface area (Å²) >= 11 is 0. The first kappa shape index (κ1) is 35.6. The van der Waals surface area contributed by atoms with Crippen LogP contribution in [-0.4, -0.2) is 95.7 Å². The molecule has 2 saturated heterocycles. The Labute approximate surface area is 260 Å². The lowest BCUT2D eigenvalue weighted by Crippen LogP contribution is -2.65. The standard InChI is InChI=1S/C24H41B2N7O7P2Si/c1-6-43(7-2,8-3)40-14(5)17-18-13(4)16(19(33(18)21(17)35)22(36)38-41-30-25)12-32-10-9-15(11-32)20(34)28-23(27)29-24(37)39-42-31-26/h13-15,17-18,30-31,41-42H,6-12H2,1-5H3,(H3,27,28,29,34,37)/t13-,14+,15-,17?,18+/m0/s1. The summed E-state index contributed by atoms with van der Waals surface area (Å²) < 4.78 is 16.7. The van der Waals surface area contributed by atoms with Gasteiger partial charge in [-0.05, 0) is 43.6 Å². The van der Waals surface area contributed by atoms with Gasteiger partial charge in [-0.2, -0.15) is 0 Å². The van der Waals surface area contributed by atoms with E-state index in [9.17, 15) is 19.2 Å². The maximum atomic E-state index is 13.6. The Hall–Kier alpha value is -1.86. The van der Waals surface area contributed by atoms with Gasteiger partial charge in [-0.3, -0.25) is 30.5 Å². The monoisotopic (exact) mass is 651 g/mol. The van der Waals surface area contributed by atoms with Crippen LogP contribution in [0.25, 0.3) is 0 Å². The number of fused-ring (bicyclic) bond motifs is 1. The second-order valence-electron chi connectivity index (χ2n) is 10.9. The van der Waals surface area contributed by atoms with Gasteiger partial charge in [0.1, 0.15) is 23.6 Å². The van der Waals surface area contributed by atoms with Crippen molar-refractivity contribution in [3.8, 4) is 0 Å². The fraction of sp³-hybridized carbons (Fsp3) is 0.708. The van der Waals surface area contributed by atoms with E-state index in [4.69, 9.17) is 30.3 Å². The highest BCUT2D eigenvalue weighted by molar-refractivity contribution is 7.32. The Kier molecular flexibility index (Phi) is 13.2. The van der Waals surface area contributed by atoms with Gasteiger partial charge in [-0.25, -0.2) is 9.59 Å². The van der Waals surface area contributed by atoms with Crippen LogP contribution in [0.15, 0.2) is 11.3 Å². The van der Waals surface area contributed by atoms with Crippen LogP contribution in [0.2, 0.25) is 18.1 Å². The van der Waals surface area contributed by atoms with Crippen molar-refractivity contribution in [1.29, 1.82) is 5.41 Å². The zero-order valence-electron chi connectivity index (χ0n) is 25.2. The van der Waals surface area contributed by atoms with E-state index in [1.54, 1.807) is 4.90 Å². The molecule has 3 rings (SSSR count). The number of β-lactam (4-membered cyclic amide) rings is 1. The van der Waals surface area contributed by atoms with Crippen LogP contribution in [0.5, 0.6) is 0 Å².